The fraction of sp³-hybridized carbons (Fsp3) is 0.0526. The SMILES string of the molecule is c1csc(Cc2cc3ccccc3c3ccccc23)c1. The fourth-order valence-corrected chi connectivity index (χ4v) is 3.61. The molecular weight excluding hydrogens is 260 g/mol. The van der Waals surface area contributed by atoms with Gasteiger partial charge in [0.15, 0.2) is 0 Å². The van der Waals surface area contributed by atoms with Crippen molar-refractivity contribution >= 4 is 32.9 Å². The number of rotatable bonds is 2. The summed E-state index contributed by atoms with van der Waals surface area (Å²) in [7, 11) is 0. The third-order valence-corrected chi connectivity index (χ3v) is 4.67. The van der Waals surface area contributed by atoms with Crippen LogP contribution in [0.3, 0.4) is 0 Å². The second kappa shape index (κ2) is 4.77. The Morgan fingerprint density at radius 1 is 0.700 bits per heavy atom. The Bertz CT molecular complexity index is 873. The summed E-state index contributed by atoms with van der Waals surface area (Å²) in [6.45, 7) is 0. The van der Waals surface area contributed by atoms with E-state index in [2.05, 4.69) is 72.1 Å². The summed E-state index contributed by atoms with van der Waals surface area (Å²) < 4.78 is 0. The van der Waals surface area contributed by atoms with Gasteiger partial charge < -0.3 is 0 Å². The summed E-state index contributed by atoms with van der Waals surface area (Å²) in [5, 5.41) is 7.56. The Labute approximate surface area is 122 Å². The lowest BCUT2D eigenvalue weighted by molar-refractivity contribution is 1.28. The van der Waals surface area contributed by atoms with Crippen molar-refractivity contribution in [2.45, 2.75) is 6.42 Å². The molecule has 1 heterocycles. The highest BCUT2D eigenvalue weighted by Crippen LogP contribution is 2.30. The Balaban J connectivity index is 2.02. The third kappa shape index (κ3) is 1.91. The minimum atomic E-state index is 1.02. The van der Waals surface area contributed by atoms with Crippen LogP contribution in [0.15, 0.2) is 72.1 Å². The molecule has 0 amide bonds. The molecule has 0 aliphatic carbocycles. The van der Waals surface area contributed by atoms with E-state index in [0.717, 1.165) is 6.42 Å². The van der Waals surface area contributed by atoms with Crippen LogP contribution >= 0.6 is 11.3 Å². The largest absolute Gasteiger partial charge is 0.149 e. The predicted molar refractivity (Wildman–Crippen MR) is 88.6 cm³/mol. The molecule has 0 saturated heterocycles. The number of hydrogen-bond donors (Lipinski definition) is 0. The normalized spacial score (nSPS) is 11.2. The maximum Gasteiger partial charge on any atom is 0.00892 e. The van der Waals surface area contributed by atoms with E-state index in [0.29, 0.717) is 0 Å². The molecule has 1 aromatic heterocycles. The molecule has 3 aromatic carbocycles. The number of fused-ring (bicyclic) bond motifs is 3. The van der Waals surface area contributed by atoms with Crippen molar-refractivity contribution in [1.82, 2.24) is 0 Å². The van der Waals surface area contributed by atoms with Gasteiger partial charge in [-0.2, -0.15) is 0 Å². The molecular formula is C19H14S. The Hall–Kier alpha value is -2.12. The highest BCUT2D eigenvalue weighted by atomic mass is 32.1. The fourth-order valence-electron chi connectivity index (χ4n) is 2.88. The smallest absolute Gasteiger partial charge is 0.00892 e. The Morgan fingerprint density at radius 2 is 1.45 bits per heavy atom. The number of benzene rings is 3. The van der Waals surface area contributed by atoms with E-state index in [1.165, 1.54) is 32.0 Å². The van der Waals surface area contributed by atoms with Gasteiger partial charge in [-0.25, -0.2) is 0 Å². The topological polar surface area (TPSA) is 0 Å². The first-order chi connectivity index (χ1) is 9.92. The van der Waals surface area contributed by atoms with Crippen molar-refractivity contribution < 1.29 is 0 Å². The first kappa shape index (κ1) is 11.7. The number of hydrogen-bond acceptors (Lipinski definition) is 1. The van der Waals surface area contributed by atoms with Crippen molar-refractivity contribution in [3.8, 4) is 0 Å². The van der Waals surface area contributed by atoms with Crippen molar-refractivity contribution in [2.24, 2.45) is 0 Å². The molecule has 4 rings (SSSR count). The van der Waals surface area contributed by atoms with Gasteiger partial charge in [0, 0.05) is 11.3 Å². The van der Waals surface area contributed by atoms with Crippen molar-refractivity contribution in [3.63, 3.8) is 0 Å². The van der Waals surface area contributed by atoms with E-state index in [1.54, 1.807) is 0 Å². The van der Waals surface area contributed by atoms with Crippen LogP contribution in [0.1, 0.15) is 10.4 Å². The zero-order valence-electron chi connectivity index (χ0n) is 11.0. The second-order valence-corrected chi connectivity index (χ2v) is 6.09. The van der Waals surface area contributed by atoms with Gasteiger partial charge in [-0.05, 0) is 38.6 Å². The van der Waals surface area contributed by atoms with Gasteiger partial charge in [-0.1, -0.05) is 60.7 Å². The lowest BCUT2D eigenvalue weighted by Crippen LogP contribution is -1.89. The van der Waals surface area contributed by atoms with E-state index < -0.39 is 0 Å². The second-order valence-electron chi connectivity index (χ2n) is 5.06. The van der Waals surface area contributed by atoms with Crippen LogP contribution in [0.25, 0.3) is 21.5 Å². The van der Waals surface area contributed by atoms with E-state index in [-0.39, 0.29) is 0 Å². The zero-order valence-corrected chi connectivity index (χ0v) is 11.9. The third-order valence-electron chi connectivity index (χ3n) is 3.80. The standard InChI is InChI=1S/C19H14S/c1-2-8-17-14(6-1)12-15(13-16-7-5-11-20-16)18-9-3-4-10-19(17)18/h1-12H,13H2. The average molecular weight is 274 g/mol. The Morgan fingerprint density at radius 3 is 2.25 bits per heavy atom. The molecule has 0 unspecified atom stereocenters. The molecule has 0 aliphatic rings. The van der Waals surface area contributed by atoms with E-state index in [9.17, 15) is 0 Å². The van der Waals surface area contributed by atoms with Crippen LogP contribution in [-0.2, 0) is 6.42 Å². The van der Waals surface area contributed by atoms with Gasteiger partial charge in [0.2, 0.25) is 0 Å². The maximum atomic E-state index is 2.34. The van der Waals surface area contributed by atoms with Gasteiger partial charge >= 0.3 is 0 Å². The molecule has 0 nitrogen and oxygen atoms in total. The van der Waals surface area contributed by atoms with Crippen LogP contribution in [0.5, 0.6) is 0 Å². The first-order valence-electron chi connectivity index (χ1n) is 6.83. The van der Waals surface area contributed by atoms with Crippen molar-refractivity contribution in [1.29, 1.82) is 0 Å². The molecule has 20 heavy (non-hydrogen) atoms. The lowest BCUT2D eigenvalue weighted by Gasteiger charge is -2.09. The monoisotopic (exact) mass is 274 g/mol. The van der Waals surface area contributed by atoms with Crippen LogP contribution in [0, 0.1) is 0 Å². The van der Waals surface area contributed by atoms with Crippen molar-refractivity contribution in [3.05, 3.63) is 82.6 Å². The van der Waals surface area contributed by atoms with Gasteiger partial charge in [0.25, 0.3) is 0 Å². The average Bonchev–Trinajstić information content (AvgIpc) is 3.00. The molecule has 0 bridgehead atoms. The predicted octanol–water partition coefficient (Wildman–Crippen LogP) is 5.65. The zero-order chi connectivity index (χ0) is 13.4. The van der Waals surface area contributed by atoms with Gasteiger partial charge in [-0.3, -0.25) is 0 Å². The first-order valence-corrected chi connectivity index (χ1v) is 7.71. The minimum Gasteiger partial charge on any atom is -0.149 e. The summed E-state index contributed by atoms with van der Waals surface area (Å²) in [6, 6.07) is 24.1. The minimum absolute atomic E-state index is 1.02. The summed E-state index contributed by atoms with van der Waals surface area (Å²) in [5.41, 5.74) is 1.42. The molecule has 0 fully saturated rings. The summed E-state index contributed by atoms with van der Waals surface area (Å²) in [5.74, 6) is 0. The molecule has 1 heteroatoms. The van der Waals surface area contributed by atoms with Crippen LogP contribution in [-0.4, -0.2) is 0 Å². The lowest BCUT2D eigenvalue weighted by atomic mass is 9.95. The molecule has 0 spiro atoms. The molecule has 0 N–H and O–H groups in total. The van der Waals surface area contributed by atoms with Crippen LogP contribution in [0.4, 0.5) is 0 Å². The summed E-state index contributed by atoms with van der Waals surface area (Å²) in [6.07, 6.45) is 1.02. The highest BCUT2D eigenvalue weighted by Gasteiger charge is 2.07. The van der Waals surface area contributed by atoms with E-state index >= 15 is 0 Å². The molecule has 0 atom stereocenters. The summed E-state index contributed by atoms with van der Waals surface area (Å²) in [4.78, 5) is 1.42. The highest BCUT2D eigenvalue weighted by molar-refractivity contribution is 7.09. The summed E-state index contributed by atoms with van der Waals surface area (Å²) >= 11 is 1.83. The van der Waals surface area contributed by atoms with Gasteiger partial charge in [0.05, 0.1) is 0 Å². The van der Waals surface area contributed by atoms with Crippen LogP contribution < -0.4 is 0 Å². The van der Waals surface area contributed by atoms with Crippen molar-refractivity contribution in [2.75, 3.05) is 0 Å². The number of thiophene rings is 1. The quantitative estimate of drug-likeness (QED) is 0.415. The van der Waals surface area contributed by atoms with E-state index in [1.807, 2.05) is 11.3 Å². The van der Waals surface area contributed by atoms with Gasteiger partial charge in [0.1, 0.15) is 0 Å². The molecule has 96 valence electrons. The molecule has 0 aliphatic heterocycles. The Kier molecular flexibility index (Phi) is 2.79. The van der Waals surface area contributed by atoms with Gasteiger partial charge in [-0.15, -0.1) is 11.3 Å². The van der Waals surface area contributed by atoms with Crippen LogP contribution in [0.2, 0.25) is 0 Å². The molecule has 0 radical (unpaired) electrons. The molecule has 0 saturated carbocycles. The maximum absolute atomic E-state index is 2.34. The molecule has 4 aromatic rings. The van der Waals surface area contributed by atoms with E-state index in [4.69, 9.17) is 0 Å².